The molecule has 5 rings (SSSR count). The molecular formula is C24H26FN5O. The summed E-state index contributed by atoms with van der Waals surface area (Å²) >= 11 is 0. The second-order valence-corrected chi connectivity index (χ2v) is 8.77. The van der Waals surface area contributed by atoms with E-state index in [2.05, 4.69) is 25.8 Å². The number of pyridine rings is 1. The minimum Gasteiger partial charge on any atom is -0.354 e. The van der Waals surface area contributed by atoms with Gasteiger partial charge in [-0.3, -0.25) is 14.7 Å². The zero-order valence-electron chi connectivity index (χ0n) is 17.6. The Morgan fingerprint density at radius 3 is 2.84 bits per heavy atom. The number of piperidine rings is 1. The van der Waals surface area contributed by atoms with Crippen molar-refractivity contribution in [2.24, 2.45) is 5.92 Å². The van der Waals surface area contributed by atoms with Gasteiger partial charge in [-0.1, -0.05) is 18.2 Å². The zero-order chi connectivity index (χ0) is 21.4. The van der Waals surface area contributed by atoms with E-state index >= 15 is 0 Å². The first-order valence-corrected chi connectivity index (χ1v) is 10.7. The van der Waals surface area contributed by atoms with Gasteiger partial charge in [0.1, 0.15) is 11.6 Å². The number of benzene rings is 1. The van der Waals surface area contributed by atoms with Crippen molar-refractivity contribution in [3.05, 3.63) is 88.0 Å². The normalized spacial score (nSPS) is 20.0. The van der Waals surface area contributed by atoms with Crippen molar-refractivity contribution < 1.29 is 4.39 Å². The van der Waals surface area contributed by atoms with Gasteiger partial charge in [-0.2, -0.15) is 0 Å². The van der Waals surface area contributed by atoms with E-state index in [1.807, 2.05) is 29.9 Å². The van der Waals surface area contributed by atoms with Crippen molar-refractivity contribution in [2.45, 2.75) is 32.0 Å². The molecule has 2 aliphatic rings. The van der Waals surface area contributed by atoms with Crippen molar-refractivity contribution in [3.63, 3.8) is 0 Å². The lowest BCUT2D eigenvalue weighted by Crippen LogP contribution is -2.48. The lowest BCUT2D eigenvalue weighted by atomic mass is 9.83. The fourth-order valence-electron chi connectivity index (χ4n) is 5.05. The van der Waals surface area contributed by atoms with Crippen molar-refractivity contribution in [1.29, 1.82) is 0 Å². The van der Waals surface area contributed by atoms with Crippen molar-refractivity contribution in [2.75, 3.05) is 25.0 Å². The van der Waals surface area contributed by atoms with Gasteiger partial charge >= 0.3 is 0 Å². The van der Waals surface area contributed by atoms with E-state index in [0.717, 1.165) is 48.7 Å². The van der Waals surface area contributed by atoms with Gasteiger partial charge in [0.2, 0.25) is 0 Å². The number of rotatable bonds is 5. The second kappa shape index (κ2) is 8.23. The van der Waals surface area contributed by atoms with Crippen LogP contribution < -0.4 is 10.5 Å². The van der Waals surface area contributed by atoms with Crippen LogP contribution in [0.25, 0.3) is 0 Å². The van der Waals surface area contributed by atoms with Crippen LogP contribution in [0, 0.1) is 11.7 Å². The standard InChI is InChI=1S/C24H26FN5O/c1-28(12-17-3-2-4-21(25)10-17)15-19-5-6-22-20-9-18(14-30(22)24(19)31)13-29(16-20)23-11-26-7-8-27-23/h2-8,10-11,18,20H,9,12-16H2,1H3/t18-,20+/m0/s1. The maximum absolute atomic E-state index is 13.5. The molecule has 1 saturated heterocycles. The molecule has 0 saturated carbocycles. The summed E-state index contributed by atoms with van der Waals surface area (Å²) in [5.74, 6) is 1.41. The molecule has 1 fully saturated rings. The number of hydrogen-bond donors (Lipinski definition) is 0. The molecular weight excluding hydrogens is 393 g/mol. The van der Waals surface area contributed by atoms with E-state index < -0.39 is 0 Å². The predicted octanol–water partition coefficient (Wildman–Crippen LogP) is 3.03. The number of fused-ring (bicyclic) bond motifs is 4. The third kappa shape index (κ3) is 4.10. The Labute approximate surface area is 181 Å². The van der Waals surface area contributed by atoms with E-state index in [0.29, 0.717) is 24.9 Å². The highest BCUT2D eigenvalue weighted by atomic mass is 19.1. The number of hydrogen-bond acceptors (Lipinski definition) is 5. The first-order valence-electron chi connectivity index (χ1n) is 10.7. The van der Waals surface area contributed by atoms with Gasteiger partial charge in [-0.05, 0) is 43.1 Å². The molecule has 2 atom stereocenters. The molecule has 2 aliphatic heterocycles. The molecule has 160 valence electrons. The average Bonchev–Trinajstić information content (AvgIpc) is 2.76. The Balaban J connectivity index is 1.34. The van der Waals surface area contributed by atoms with E-state index in [-0.39, 0.29) is 11.4 Å². The van der Waals surface area contributed by atoms with Gasteiger partial charge in [-0.15, -0.1) is 0 Å². The molecule has 0 amide bonds. The Morgan fingerprint density at radius 1 is 1.13 bits per heavy atom. The number of nitrogens with zero attached hydrogens (tertiary/aromatic N) is 5. The first kappa shape index (κ1) is 19.9. The summed E-state index contributed by atoms with van der Waals surface area (Å²) in [4.78, 5) is 26.3. The maximum Gasteiger partial charge on any atom is 0.255 e. The summed E-state index contributed by atoms with van der Waals surface area (Å²) in [5, 5.41) is 0. The number of anilines is 1. The molecule has 0 spiro atoms. The zero-order valence-corrected chi connectivity index (χ0v) is 17.6. The highest BCUT2D eigenvalue weighted by molar-refractivity contribution is 5.38. The van der Waals surface area contributed by atoms with E-state index in [4.69, 9.17) is 0 Å². The number of halogens is 1. The Hall–Kier alpha value is -3.06. The second-order valence-electron chi connectivity index (χ2n) is 8.77. The third-order valence-electron chi connectivity index (χ3n) is 6.34. The van der Waals surface area contributed by atoms with Crippen LogP contribution in [0.15, 0.2) is 59.8 Å². The van der Waals surface area contributed by atoms with Crippen LogP contribution in [-0.2, 0) is 19.6 Å². The highest BCUT2D eigenvalue weighted by Gasteiger charge is 2.35. The minimum atomic E-state index is -0.234. The lowest BCUT2D eigenvalue weighted by molar-refractivity contribution is 0.276. The smallest absolute Gasteiger partial charge is 0.255 e. The summed E-state index contributed by atoms with van der Waals surface area (Å²) < 4.78 is 15.4. The van der Waals surface area contributed by atoms with Crippen LogP contribution in [0.3, 0.4) is 0 Å². The third-order valence-corrected chi connectivity index (χ3v) is 6.34. The van der Waals surface area contributed by atoms with Gasteiger partial charge in [0.25, 0.3) is 5.56 Å². The van der Waals surface area contributed by atoms with Gasteiger partial charge in [0.05, 0.1) is 6.20 Å². The van der Waals surface area contributed by atoms with Crippen LogP contribution in [-0.4, -0.2) is 39.6 Å². The molecule has 0 unspecified atom stereocenters. The molecule has 2 aromatic heterocycles. The fourth-order valence-corrected chi connectivity index (χ4v) is 5.05. The summed E-state index contributed by atoms with van der Waals surface area (Å²) in [7, 11) is 1.96. The molecule has 7 heteroatoms. The molecule has 6 nitrogen and oxygen atoms in total. The quantitative estimate of drug-likeness (QED) is 0.636. The predicted molar refractivity (Wildman–Crippen MR) is 117 cm³/mol. The van der Waals surface area contributed by atoms with E-state index in [1.54, 1.807) is 24.5 Å². The van der Waals surface area contributed by atoms with Gasteiger partial charge in [0.15, 0.2) is 0 Å². The minimum absolute atomic E-state index is 0.103. The molecule has 0 aliphatic carbocycles. The molecule has 31 heavy (non-hydrogen) atoms. The Bertz CT molecular complexity index is 1130. The monoisotopic (exact) mass is 419 g/mol. The fraction of sp³-hybridized carbons (Fsp3) is 0.375. The molecule has 0 N–H and O–H groups in total. The molecule has 0 radical (unpaired) electrons. The highest BCUT2D eigenvalue weighted by Crippen LogP contribution is 2.36. The van der Waals surface area contributed by atoms with E-state index in [1.165, 1.54) is 6.07 Å². The SMILES string of the molecule is CN(Cc1cccc(F)c1)Cc1ccc2n(c1=O)C[C@H]1C[C@@H]2CN(c2cnccn2)C1. The summed E-state index contributed by atoms with van der Waals surface area (Å²) in [6.45, 7) is 3.62. The van der Waals surface area contributed by atoms with E-state index in [9.17, 15) is 9.18 Å². The van der Waals surface area contributed by atoms with Crippen LogP contribution in [0.1, 0.15) is 29.2 Å². The first-order chi connectivity index (χ1) is 15.1. The van der Waals surface area contributed by atoms with Crippen molar-refractivity contribution in [1.82, 2.24) is 19.4 Å². The largest absolute Gasteiger partial charge is 0.354 e. The van der Waals surface area contributed by atoms with Crippen LogP contribution in [0.5, 0.6) is 0 Å². The van der Waals surface area contributed by atoms with Crippen LogP contribution in [0.2, 0.25) is 0 Å². The molecule has 1 aromatic carbocycles. The Kier molecular flexibility index (Phi) is 5.28. The van der Waals surface area contributed by atoms with Gasteiger partial charge < -0.3 is 9.47 Å². The molecule has 3 aromatic rings. The number of aromatic nitrogens is 3. The topological polar surface area (TPSA) is 54.3 Å². The average molecular weight is 420 g/mol. The lowest BCUT2D eigenvalue weighted by Gasteiger charge is -2.43. The van der Waals surface area contributed by atoms with Crippen molar-refractivity contribution in [3.8, 4) is 0 Å². The molecule has 2 bridgehead atoms. The van der Waals surface area contributed by atoms with Crippen molar-refractivity contribution >= 4 is 5.82 Å². The Morgan fingerprint density at radius 2 is 2.03 bits per heavy atom. The summed E-state index contributed by atoms with van der Waals surface area (Å²) in [5.41, 5.74) is 2.91. The van der Waals surface area contributed by atoms with Gasteiger partial charge in [-0.25, -0.2) is 9.37 Å². The summed E-state index contributed by atoms with van der Waals surface area (Å²) in [6, 6.07) is 10.7. The summed E-state index contributed by atoms with van der Waals surface area (Å²) in [6.07, 6.45) is 6.33. The van der Waals surface area contributed by atoms with Crippen LogP contribution >= 0.6 is 0 Å². The maximum atomic E-state index is 13.5. The van der Waals surface area contributed by atoms with Crippen LogP contribution in [0.4, 0.5) is 10.2 Å². The molecule has 4 heterocycles. The van der Waals surface area contributed by atoms with Gasteiger partial charge in [0, 0.05) is 62.3 Å².